The number of benzene rings is 1. The molecule has 1 saturated heterocycles. The van der Waals surface area contributed by atoms with Crippen molar-refractivity contribution in [1.29, 1.82) is 0 Å². The number of aryl methyl sites for hydroxylation is 1. The number of hydrogen-bond donors (Lipinski definition) is 2. The molecule has 1 aromatic heterocycles. The third-order valence-corrected chi connectivity index (χ3v) is 4.35. The molecule has 0 spiro atoms. The summed E-state index contributed by atoms with van der Waals surface area (Å²) in [7, 11) is 0. The van der Waals surface area contributed by atoms with Gasteiger partial charge in [-0.1, -0.05) is 6.07 Å². The highest BCUT2D eigenvalue weighted by molar-refractivity contribution is 5.49. The molecule has 2 heterocycles. The summed E-state index contributed by atoms with van der Waals surface area (Å²) in [6.07, 6.45) is 2.05. The van der Waals surface area contributed by atoms with Gasteiger partial charge in [0.25, 0.3) is 0 Å². The second-order valence-electron chi connectivity index (χ2n) is 6.57. The molecule has 0 bridgehead atoms. The van der Waals surface area contributed by atoms with Crippen LogP contribution in [-0.4, -0.2) is 35.5 Å². The van der Waals surface area contributed by atoms with E-state index in [0.717, 1.165) is 29.9 Å². The van der Waals surface area contributed by atoms with Crippen molar-refractivity contribution in [1.82, 2.24) is 15.5 Å². The molecular weight excluding hydrogens is 307 g/mol. The quantitative estimate of drug-likeness (QED) is 0.884. The Bertz CT molecular complexity index is 677. The second kappa shape index (κ2) is 7.32. The van der Waals surface area contributed by atoms with E-state index in [1.807, 2.05) is 39.1 Å². The molecule has 0 amide bonds. The molecule has 1 aliphatic rings. The Hall–Kier alpha value is -1.92. The SMILES string of the molecule is Cc1[nH]ncc1CNCc1ccc(N2C[C@H](C)O[C@@H](C)C2)c(F)c1. The van der Waals surface area contributed by atoms with Gasteiger partial charge in [0.05, 0.1) is 24.1 Å². The number of rotatable bonds is 5. The third kappa shape index (κ3) is 3.94. The summed E-state index contributed by atoms with van der Waals surface area (Å²) in [6.45, 7) is 8.81. The second-order valence-corrected chi connectivity index (χ2v) is 6.57. The molecule has 6 heteroatoms. The molecule has 2 atom stereocenters. The lowest BCUT2D eigenvalue weighted by Crippen LogP contribution is -2.45. The van der Waals surface area contributed by atoms with E-state index in [9.17, 15) is 4.39 Å². The zero-order chi connectivity index (χ0) is 17.1. The first kappa shape index (κ1) is 16.9. The van der Waals surface area contributed by atoms with Gasteiger partial charge in [-0.3, -0.25) is 5.10 Å². The van der Waals surface area contributed by atoms with Crippen molar-refractivity contribution in [3.63, 3.8) is 0 Å². The Morgan fingerprint density at radius 1 is 1.29 bits per heavy atom. The van der Waals surface area contributed by atoms with Crippen LogP contribution in [0.3, 0.4) is 0 Å². The molecular formula is C18H25FN4O. The van der Waals surface area contributed by atoms with Crippen LogP contribution in [0.1, 0.15) is 30.7 Å². The molecule has 24 heavy (non-hydrogen) atoms. The number of nitrogens with one attached hydrogen (secondary N) is 2. The molecule has 3 rings (SSSR count). The zero-order valence-electron chi connectivity index (χ0n) is 14.5. The molecule has 130 valence electrons. The van der Waals surface area contributed by atoms with Crippen LogP contribution >= 0.6 is 0 Å². The molecule has 0 aliphatic carbocycles. The van der Waals surface area contributed by atoms with Crippen molar-refractivity contribution < 1.29 is 9.13 Å². The Labute approximate surface area is 142 Å². The molecule has 2 N–H and O–H groups in total. The fourth-order valence-electron chi connectivity index (χ4n) is 3.19. The van der Waals surface area contributed by atoms with E-state index >= 15 is 0 Å². The number of nitrogens with zero attached hydrogens (tertiary/aromatic N) is 2. The smallest absolute Gasteiger partial charge is 0.146 e. The van der Waals surface area contributed by atoms with E-state index in [-0.39, 0.29) is 18.0 Å². The summed E-state index contributed by atoms with van der Waals surface area (Å²) in [6, 6.07) is 5.48. The maximum absolute atomic E-state index is 14.5. The van der Waals surface area contributed by atoms with Crippen LogP contribution in [0.25, 0.3) is 0 Å². The highest BCUT2D eigenvalue weighted by Gasteiger charge is 2.24. The Morgan fingerprint density at radius 3 is 2.67 bits per heavy atom. The van der Waals surface area contributed by atoms with Crippen molar-refractivity contribution in [2.24, 2.45) is 0 Å². The van der Waals surface area contributed by atoms with Crippen LogP contribution in [0.2, 0.25) is 0 Å². The maximum atomic E-state index is 14.5. The summed E-state index contributed by atoms with van der Waals surface area (Å²) in [5, 5.41) is 10.2. The predicted octanol–water partition coefficient (Wildman–Crippen LogP) is 2.76. The number of aromatic amines is 1. The van der Waals surface area contributed by atoms with Gasteiger partial charge in [0.15, 0.2) is 0 Å². The van der Waals surface area contributed by atoms with Gasteiger partial charge in [-0.2, -0.15) is 5.10 Å². The number of H-pyrrole nitrogens is 1. The maximum Gasteiger partial charge on any atom is 0.146 e. The number of hydrogen-bond acceptors (Lipinski definition) is 4. The van der Waals surface area contributed by atoms with Gasteiger partial charge in [-0.25, -0.2) is 4.39 Å². The van der Waals surface area contributed by atoms with Gasteiger partial charge in [0.1, 0.15) is 5.82 Å². The Balaban J connectivity index is 1.61. The summed E-state index contributed by atoms with van der Waals surface area (Å²) in [4.78, 5) is 2.07. The van der Waals surface area contributed by atoms with Crippen molar-refractivity contribution in [2.75, 3.05) is 18.0 Å². The van der Waals surface area contributed by atoms with Crippen molar-refractivity contribution >= 4 is 5.69 Å². The van der Waals surface area contributed by atoms with Crippen molar-refractivity contribution in [2.45, 2.75) is 46.1 Å². The standard InChI is InChI=1S/C18H25FN4O/c1-12-10-23(11-13(2)24-12)18-5-4-15(6-17(18)19)7-20-8-16-9-21-22-14(16)3/h4-6,9,12-13,20H,7-8,10-11H2,1-3H3,(H,21,22)/t12-,13-/m0/s1. The van der Waals surface area contributed by atoms with Gasteiger partial charge in [0, 0.05) is 37.4 Å². The third-order valence-electron chi connectivity index (χ3n) is 4.35. The van der Waals surface area contributed by atoms with Crippen LogP contribution in [0.15, 0.2) is 24.4 Å². The number of aromatic nitrogens is 2. The first-order valence-electron chi connectivity index (χ1n) is 8.41. The first-order valence-corrected chi connectivity index (χ1v) is 8.41. The van der Waals surface area contributed by atoms with E-state index in [1.165, 1.54) is 0 Å². The van der Waals surface area contributed by atoms with Crippen LogP contribution in [-0.2, 0) is 17.8 Å². The minimum absolute atomic E-state index is 0.118. The van der Waals surface area contributed by atoms with Crippen LogP contribution < -0.4 is 10.2 Å². The molecule has 1 aromatic carbocycles. The van der Waals surface area contributed by atoms with Crippen LogP contribution in [0, 0.1) is 12.7 Å². The highest BCUT2D eigenvalue weighted by atomic mass is 19.1. The fourth-order valence-corrected chi connectivity index (χ4v) is 3.19. The van der Waals surface area contributed by atoms with E-state index < -0.39 is 0 Å². The van der Waals surface area contributed by atoms with E-state index in [2.05, 4.69) is 20.4 Å². The molecule has 0 unspecified atom stereocenters. The van der Waals surface area contributed by atoms with E-state index in [4.69, 9.17) is 4.74 Å². The molecule has 1 fully saturated rings. The molecule has 0 radical (unpaired) electrons. The zero-order valence-corrected chi connectivity index (χ0v) is 14.5. The average molecular weight is 332 g/mol. The van der Waals surface area contributed by atoms with Gasteiger partial charge in [0.2, 0.25) is 0 Å². The molecule has 0 saturated carbocycles. The molecule has 5 nitrogen and oxygen atoms in total. The largest absolute Gasteiger partial charge is 0.372 e. The normalized spacial score (nSPS) is 21.2. The molecule has 2 aromatic rings. The lowest BCUT2D eigenvalue weighted by atomic mass is 10.1. The van der Waals surface area contributed by atoms with Gasteiger partial charge in [-0.15, -0.1) is 0 Å². The van der Waals surface area contributed by atoms with Gasteiger partial charge in [-0.05, 0) is 38.5 Å². The van der Waals surface area contributed by atoms with Gasteiger partial charge < -0.3 is 15.0 Å². The van der Waals surface area contributed by atoms with Gasteiger partial charge >= 0.3 is 0 Å². The Morgan fingerprint density at radius 2 is 2.04 bits per heavy atom. The highest BCUT2D eigenvalue weighted by Crippen LogP contribution is 2.24. The monoisotopic (exact) mass is 332 g/mol. The number of anilines is 1. The summed E-state index contributed by atoms with van der Waals surface area (Å²) >= 11 is 0. The van der Waals surface area contributed by atoms with Crippen molar-refractivity contribution in [3.8, 4) is 0 Å². The predicted molar refractivity (Wildman–Crippen MR) is 92.5 cm³/mol. The van der Waals surface area contributed by atoms with Crippen LogP contribution in [0.4, 0.5) is 10.1 Å². The Kier molecular flexibility index (Phi) is 5.16. The summed E-state index contributed by atoms with van der Waals surface area (Å²) in [5.74, 6) is -0.171. The fraction of sp³-hybridized carbons (Fsp3) is 0.500. The first-order chi connectivity index (χ1) is 11.5. The lowest BCUT2D eigenvalue weighted by Gasteiger charge is -2.37. The van der Waals surface area contributed by atoms with Crippen LogP contribution in [0.5, 0.6) is 0 Å². The summed E-state index contributed by atoms with van der Waals surface area (Å²) in [5.41, 5.74) is 3.78. The number of halogens is 1. The average Bonchev–Trinajstić information content (AvgIpc) is 2.92. The topological polar surface area (TPSA) is 53.2 Å². The lowest BCUT2D eigenvalue weighted by molar-refractivity contribution is -0.00539. The van der Waals surface area contributed by atoms with E-state index in [0.29, 0.717) is 18.8 Å². The van der Waals surface area contributed by atoms with E-state index in [1.54, 1.807) is 6.07 Å². The number of morpholine rings is 1. The minimum Gasteiger partial charge on any atom is -0.372 e. The number of ether oxygens (including phenoxy) is 1. The van der Waals surface area contributed by atoms with Crippen molar-refractivity contribution in [3.05, 3.63) is 47.0 Å². The summed E-state index contributed by atoms with van der Waals surface area (Å²) < 4.78 is 20.2. The molecule has 1 aliphatic heterocycles. The minimum atomic E-state index is -0.171.